The average molecular weight is 495 g/mol. The number of aromatic amines is 1. The summed E-state index contributed by atoms with van der Waals surface area (Å²) in [5.74, 6) is -1.55. The lowest BCUT2D eigenvalue weighted by molar-refractivity contribution is -0.0505. The summed E-state index contributed by atoms with van der Waals surface area (Å²) in [5.41, 5.74) is 3.59. The highest BCUT2D eigenvalue weighted by molar-refractivity contribution is 6.31. The second kappa shape index (κ2) is 9.65. The molecule has 2 unspecified atom stereocenters. The molecule has 4 rings (SSSR count). The number of nitrogens with zero attached hydrogens (tertiary/aromatic N) is 3. The number of ether oxygens (including phenoxy) is 1. The van der Waals surface area contributed by atoms with Gasteiger partial charge in [0.05, 0.1) is 30.5 Å². The van der Waals surface area contributed by atoms with Crippen molar-refractivity contribution >= 4 is 22.6 Å². The van der Waals surface area contributed by atoms with E-state index in [2.05, 4.69) is 19.8 Å². The monoisotopic (exact) mass is 494 g/mol. The maximum Gasteiger partial charge on any atom is 0.387 e. The first-order valence-corrected chi connectivity index (χ1v) is 10.8. The largest absolute Gasteiger partial charge is 0.434 e. The second-order valence-electron chi connectivity index (χ2n) is 7.90. The Kier molecular flexibility index (Phi) is 6.83. The first-order valence-electron chi connectivity index (χ1n) is 10.4. The van der Waals surface area contributed by atoms with Crippen molar-refractivity contribution in [1.82, 2.24) is 19.7 Å². The number of hydrogen-bond donors (Lipinski definition) is 3. The number of nitrogens with one attached hydrogen (secondary N) is 1. The molecular weight excluding hydrogens is 473 g/mol. The van der Waals surface area contributed by atoms with E-state index in [1.807, 2.05) is 13.0 Å². The van der Waals surface area contributed by atoms with Crippen LogP contribution in [0.1, 0.15) is 29.7 Å². The van der Waals surface area contributed by atoms with Crippen LogP contribution in [0, 0.1) is 12.7 Å². The van der Waals surface area contributed by atoms with E-state index in [0.29, 0.717) is 16.6 Å². The number of aromatic nitrogens is 4. The van der Waals surface area contributed by atoms with Crippen LogP contribution in [0.5, 0.6) is 5.75 Å². The highest BCUT2D eigenvalue weighted by Crippen LogP contribution is 2.41. The lowest BCUT2D eigenvalue weighted by atomic mass is 9.91. The van der Waals surface area contributed by atoms with Gasteiger partial charge in [0.25, 0.3) is 0 Å². The van der Waals surface area contributed by atoms with Crippen molar-refractivity contribution in [2.24, 2.45) is 0 Å². The first-order chi connectivity index (χ1) is 16.2. The van der Waals surface area contributed by atoms with Gasteiger partial charge in [-0.2, -0.15) is 13.9 Å². The predicted molar refractivity (Wildman–Crippen MR) is 121 cm³/mol. The molecule has 0 bridgehead atoms. The van der Waals surface area contributed by atoms with Crippen molar-refractivity contribution in [3.8, 4) is 16.9 Å². The van der Waals surface area contributed by atoms with Crippen molar-refractivity contribution in [2.75, 3.05) is 6.61 Å². The van der Waals surface area contributed by atoms with E-state index in [1.165, 1.54) is 0 Å². The molecule has 0 saturated heterocycles. The molecule has 2 atom stereocenters. The first kappa shape index (κ1) is 24.1. The van der Waals surface area contributed by atoms with Crippen LogP contribution in [0.3, 0.4) is 0 Å². The molecule has 11 heteroatoms. The van der Waals surface area contributed by atoms with Crippen molar-refractivity contribution in [3.63, 3.8) is 0 Å². The molecule has 0 spiro atoms. The minimum atomic E-state index is -3.09. The van der Waals surface area contributed by atoms with E-state index in [9.17, 15) is 18.3 Å². The summed E-state index contributed by atoms with van der Waals surface area (Å²) in [6.07, 6.45) is 4.03. The van der Waals surface area contributed by atoms with Crippen LogP contribution >= 0.6 is 11.6 Å². The lowest BCUT2D eigenvalue weighted by Gasteiger charge is -2.18. The molecule has 0 fully saturated rings. The van der Waals surface area contributed by atoms with Crippen LogP contribution in [-0.2, 0) is 6.54 Å². The Labute approximate surface area is 197 Å². The second-order valence-corrected chi connectivity index (χ2v) is 8.28. The molecule has 0 radical (unpaired) electrons. The van der Waals surface area contributed by atoms with Gasteiger partial charge in [0, 0.05) is 46.1 Å². The molecule has 0 aliphatic rings. The maximum atomic E-state index is 14.2. The van der Waals surface area contributed by atoms with Gasteiger partial charge in [-0.3, -0.25) is 4.68 Å². The SMILES string of the molecule is Cc1c(-c2cnc3[nH]cc(C(C)c4c(OC(F)F)ccc(F)c4Cl)c3c2)cnn1CC(O)CO. The topological polar surface area (TPSA) is 96.2 Å². The Bertz CT molecular complexity index is 1320. The van der Waals surface area contributed by atoms with Gasteiger partial charge >= 0.3 is 6.61 Å². The Balaban J connectivity index is 1.77. The molecule has 3 heterocycles. The summed E-state index contributed by atoms with van der Waals surface area (Å²) < 4.78 is 46.3. The third-order valence-corrected chi connectivity index (χ3v) is 6.16. The van der Waals surface area contributed by atoms with Gasteiger partial charge in [-0.15, -0.1) is 0 Å². The highest BCUT2D eigenvalue weighted by atomic mass is 35.5. The smallest absolute Gasteiger partial charge is 0.387 e. The van der Waals surface area contributed by atoms with Crippen LogP contribution < -0.4 is 4.74 Å². The van der Waals surface area contributed by atoms with Gasteiger partial charge in [-0.05, 0) is 30.7 Å². The van der Waals surface area contributed by atoms with E-state index in [1.54, 1.807) is 30.2 Å². The maximum absolute atomic E-state index is 14.2. The number of halogens is 4. The normalized spacial score (nSPS) is 13.6. The van der Waals surface area contributed by atoms with E-state index in [-0.39, 0.29) is 29.5 Å². The van der Waals surface area contributed by atoms with Gasteiger partial charge in [0.1, 0.15) is 17.2 Å². The average Bonchev–Trinajstić information content (AvgIpc) is 3.38. The van der Waals surface area contributed by atoms with Gasteiger partial charge < -0.3 is 19.9 Å². The number of aliphatic hydroxyl groups is 2. The molecule has 4 aromatic rings. The van der Waals surface area contributed by atoms with E-state index in [4.69, 9.17) is 16.7 Å². The number of hydrogen-bond acceptors (Lipinski definition) is 5. The van der Waals surface area contributed by atoms with Gasteiger partial charge in [-0.1, -0.05) is 18.5 Å². The van der Waals surface area contributed by atoms with Crippen molar-refractivity contribution in [3.05, 3.63) is 64.5 Å². The zero-order valence-electron chi connectivity index (χ0n) is 18.3. The summed E-state index contributed by atoms with van der Waals surface area (Å²) in [7, 11) is 0. The van der Waals surface area contributed by atoms with Crippen molar-refractivity contribution in [2.45, 2.75) is 39.0 Å². The standard InChI is InChI=1S/C23H22ClF3N4O3/c1-11(20-19(34-23(26)27)4-3-18(25)21(20)24)16-7-29-22-15(16)5-13(6-28-22)17-8-30-31(12(17)2)9-14(33)10-32/h3-8,11,14,23,32-33H,9-10H2,1-2H3,(H,28,29). The molecule has 7 nitrogen and oxygen atoms in total. The Morgan fingerprint density at radius 1 is 1.26 bits per heavy atom. The zero-order chi connectivity index (χ0) is 24.6. The Morgan fingerprint density at radius 3 is 2.74 bits per heavy atom. The molecule has 3 N–H and O–H groups in total. The third kappa shape index (κ3) is 4.48. The van der Waals surface area contributed by atoms with Crippen LogP contribution in [-0.4, -0.2) is 49.3 Å². The van der Waals surface area contributed by atoms with Gasteiger partial charge in [0.15, 0.2) is 0 Å². The molecule has 34 heavy (non-hydrogen) atoms. The fourth-order valence-corrected chi connectivity index (χ4v) is 4.33. The van der Waals surface area contributed by atoms with E-state index < -0.39 is 24.5 Å². The van der Waals surface area contributed by atoms with E-state index in [0.717, 1.165) is 29.0 Å². The molecular formula is C23H22ClF3N4O3. The fourth-order valence-electron chi connectivity index (χ4n) is 4.01. The summed E-state index contributed by atoms with van der Waals surface area (Å²) >= 11 is 6.17. The number of rotatable bonds is 8. The molecule has 0 amide bonds. The van der Waals surface area contributed by atoms with Crippen LogP contribution in [0.15, 0.2) is 36.8 Å². The Morgan fingerprint density at radius 2 is 2.03 bits per heavy atom. The van der Waals surface area contributed by atoms with Crippen molar-refractivity contribution in [1.29, 1.82) is 0 Å². The van der Waals surface area contributed by atoms with Crippen LogP contribution in [0.2, 0.25) is 5.02 Å². The molecule has 0 aliphatic carbocycles. The summed E-state index contributed by atoms with van der Waals surface area (Å²) in [5, 5.41) is 23.5. The predicted octanol–water partition coefficient (Wildman–Crippen LogP) is 4.63. The minimum Gasteiger partial charge on any atom is -0.434 e. The molecule has 180 valence electrons. The van der Waals surface area contributed by atoms with Crippen LogP contribution in [0.25, 0.3) is 22.2 Å². The highest BCUT2D eigenvalue weighted by Gasteiger charge is 2.25. The minimum absolute atomic E-state index is 0.107. The number of aliphatic hydroxyl groups excluding tert-OH is 2. The Hall–Kier alpha value is -3.08. The fraction of sp³-hybridized carbons (Fsp3) is 0.304. The number of benzene rings is 1. The number of H-pyrrole nitrogens is 1. The molecule has 3 aromatic heterocycles. The zero-order valence-corrected chi connectivity index (χ0v) is 19.0. The third-order valence-electron chi connectivity index (χ3n) is 5.78. The summed E-state index contributed by atoms with van der Waals surface area (Å²) in [6.45, 7) is 0.209. The number of alkyl halides is 2. The van der Waals surface area contributed by atoms with E-state index >= 15 is 0 Å². The molecule has 0 aliphatic heterocycles. The van der Waals surface area contributed by atoms with Gasteiger partial charge in [0.2, 0.25) is 0 Å². The molecule has 1 aromatic carbocycles. The number of fused-ring (bicyclic) bond motifs is 1. The van der Waals surface area contributed by atoms with Crippen LogP contribution in [0.4, 0.5) is 13.2 Å². The van der Waals surface area contributed by atoms with Crippen molar-refractivity contribution < 1.29 is 28.1 Å². The lowest BCUT2D eigenvalue weighted by Crippen LogP contribution is -2.21. The summed E-state index contributed by atoms with van der Waals surface area (Å²) in [4.78, 5) is 7.50. The quantitative estimate of drug-likeness (QED) is 0.332. The number of pyridine rings is 1. The molecule has 0 saturated carbocycles. The summed E-state index contributed by atoms with van der Waals surface area (Å²) in [6, 6.07) is 3.98. The van der Waals surface area contributed by atoms with Gasteiger partial charge in [-0.25, -0.2) is 9.37 Å².